The molecule has 0 spiro atoms. The summed E-state index contributed by atoms with van der Waals surface area (Å²) in [5, 5.41) is 9.15. The molecule has 1 aliphatic rings. The van der Waals surface area contributed by atoms with Crippen LogP contribution in [0.15, 0.2) is 53.3 Å². The van der Waals surface area contributed by atoms with Crippen LogP contribution in [0.4, 0.5) is 0 Å². The molecule has 4 rings (SSSR count). The minimum Gasteiger partial charge on any atom is -0.328 e. The fourth-order valence-electron chi connectivity index (χ4n) is 4.26. The van der Waals surface area contributed by atoms with Gasteiger partial charge >= 0.3 is 0 Å². The number of nitrogens with zero attached hydrogens (tertiary/aromatic N) is 3. The fraction of sp³-hybridized carbons (Fsp3) is 0.320. The van der Waals surface area contributed by atoms with Crippen LogP contribution in [-0.4, -0.2) is 15.6 Å². The molecular weight excluding hydrogens is 372 g/mol. The first-order valence-electron chi connectivity index (χ1n) is 10.4. The smallest absolute Gasteiger partial charge is 0.272 e. The minimum atomic E-state index is -0.0385. The van der Waals surface area contributed by atoms with Crippen LogP contribution in [0.1, 0.15) is 48.4 Å². The lowest BCUT2D eigenvalue weighted by molar-refractivity contribution is 0.387. The first kappa shape index (κ1) is 20.1. The van der Waals surface area contributed by atoms with Gasteiger partial charge in [0.1, 0.15) is 5.69 Å². The molecule has 0 bridgehead atoms. The number of hydrogen-bond acceptors (Lipinski definition) is 4. The minimum absolute atomic E-state index is 0.0385. The number of aromatic nitrogens is 2. The molecule has 5 heteroatoms. The molecule has 0 amide bonds. The van der Waals surface area contributed by atoms with E-state index in [1.54, 1.807) is 16.7 Å². The van der Waals surface area contributed by atoms with E-state index in [4.69, 9.17) is 16.0 Å². The molecule has 0 unspecified atom stereocenters. The Balaban J connectivity index is 1.92. The lowest BCUT2D eigenvalue weighted by Crippen LogP contribution is -2.31. The van der Waals surface area contributed by atoms with Crippen LogP contribution in [-0.2, 0) is 7.05 Å². The highest BCUT2D eigenvalue weighted by molar-refractivity contribution is 5.78. The summed E-state index contributed by atoms with van der Waals surface area (Å²) in [6, 6.07) is 17.9. The zero-order valence-electron chi connectivity index (χ0n) is 17.4. The fourth-order valence-corrected chi connectivity index (χ4v) is 4.26. The summed E-state index contributed by atoms with van der Waals surface area (Å²) in [7, 11) is 1.82. The molecule has 152 valence electrons. The van der Waals surface area contributed by atoms with Crippen molar-refractivity contribution in [3.05, 3.63) is 75.7 Å². The van der Waals surface area contributed by atoms with E-state index in [0.717, 1.165) is 53.8 Å². The maximum Gasteiger partial charge on any atom is 0.272 e. The summed E-state index contributed by atoms with van der Waals surface area (Å²) in [6.07, 6.45) is 3.61. The van der Waals surface area contributed by atoms with E-state index in [0.29, 0.717) is 11.3 Å². The zero-order valence-corrected chi connectivity index (χ0v) is 17.4. The molecule has 1 heterocycles. The van der Waals surface area contributed by atoms with Crippen LogP contribution in [0.3, 0.4) is 0 Å². The molecule has 5 nitrogen and oxygen atoms in total. The molecule has 0 saturated heterocycles. The number of rotatable bonds is 3. The monoisotopic (exact) mass is 398 g/mol. The van der Waals surface area contributed by atoms with E-state index in [2.05, 4.69) is 6.07 Å². The molecular formula is C25H26N4O. The Hall–Kier alpha value is -3.23. The quantitative estimate of drug-likeness (QED) is 0.714. The van der Waals surface area contributed by atoms with Gasteiger partial charge in [0, 0.05) is 30.1 Å². The third-order valence-corrected chi connectivity index (χ3v) is 6.09. The average molecular weight is 399 g/mol. The molecule has 0 aliphatic heterocycles. The Morgan fingerprint density at radius 3 is 2.20 bits per heavy atom. The van der Waals surface area contributed by atoms with E-state index in [1.165, 1.54) is 0 Å². The Labute approximate surface area is 176 Å². The van der Waals surface area contributed by atoms with Crippen molar-refractivity contribution >= 4 is 0 Å². The molecule has 1 saturated carbocycles. The largest absolute Gasteiger partial charge is 0.328 e. The van der Waals surface area contributed by atoms with Crippen LogP contribution in [0, 0.1) is 18.3 Å². The summed E-state index contributed by atoms with van der Waals surface area (Å²) in [5.41, 5.74) is 11.8. The standard InChI is InChI=1S/C25H26N4O/c1-16-3-7-20(8-4-16)24-22(18-9-5-17(15-26)6-10-18)28-23(25(30)29(24)2)19-11-13-21(27)14-12-19/h3-10,19,21H,11-14,27H2,1-2H3. The summed E-state index contributed by atoms with van der Waals surface area (Å²) >= 11 is 0. The van der Waals surface area contributed by atoms with Crippen LogP contribution >= 0.6 is 0 Å². The molecule has 2 aromatic carbocycles. The molecule has 0 radical (unpaired) electrons. The zero-order chi connectivity index (χ0) is 21.3. The number of nitrogens with two attached hydrogens (primary N) is 1. The van der Waals surface area contributed by atoms with Gasteiger partial charge in [-0.05, 0) is 44.7 Å². The average Bonchev–Trinajstić information content (AvgIpc) is 2.77. The SMILES string of the molecule is Cc1ccc(-c2c(-c3ccc(C#N)cc3)nc(C3CCC(N)CC3)c(=O)n2C)cc1. The van der Waals surface area contributed by atoms with Crippen LogP contribution in [0.2, 0.25) is 0 Å². The Morgan fingerprint density at radius 1 is 1.00 bits per heavy atom. The highest BCUT2D eigenvalue weighted by Gasteiger charge is 2.26. The van der Waals surface area contributed by atoms with Crippen LogP contribution in [0.25, 0.3) is 22.5 Å². The number of aryl methyl sites for hydroxylation is 1. The van der Waals surface area contributed by atoms with Crippen LogP contribution in [0.5, 0.6) is 0 Å². The highest BCUT2D eigenvalue weighted by atomic mass is 16.1. The summed E-state index contributed by atoms with van der Waals surface area (Å²) in [5.74, 6) is 0.132. The lowest BCUT2D eigenvalue weighted by Gasteiger charge is -2.26. The van der Waals surface area contributed by atoms with Gasteiger partial charge < -0.3 is 10.3 Å². The third-order valence-electron chi connectivity index (χ3n) is 6.09. The Kier molecular flexibility index (Phi) is 5.52. The van der Waals surface area contributed by atoms with Gasteiger partial charge in [-0.15, -0.1) is 0 Å². The number of nitriles is 1. The molecule has 1 aromatic heterocycles. The van der Waals surface area contributed by atoms with Crippen molar-refractivity contribution in [3.63, 3.8) is 0 Å². The van der Waals surface area contributed by atoms with Crippen molar-refractivity contribution in [1.82, 2.24) is 9.55 Å². The summed E-state index contributed by atoms with van der Waals surface area (Å²) < 4.78 is 1.73. The van der Waals surface area contributed by atoms with Gasteiger partial charge in [0.2, 0.25) is 0 Å². The molecule has 30 heavy (non-hydrogen) atoms. The molecule has 2 N–H and O–H groups in total. The summed E-state index contributed by atoms with van der Waals surface area (Å²) in [6.45, 7) is 2.04. The predicted octanol–water partition coefficient (Wildman–Crippen LogP) is 4.28. The highest BCUT2D eigenvalue weighted by Crippen LogP contribution is 2.34. The first-order valence-corrected chi connectivity index (χ1v) is 10.4. The Bertz CT molecular complexity index is 1150. The van der Waals surface area contributed by atoms with Gasteiger partial charge in [0.15, 0.2) is 0 Å². The molecule has 1 aliphatic carbocycles. The normalized spacial score (nSPS) is 18.7. The lowest BCUT2D eigenvalue weighted by atomic mass is 9.84. The van der Waals surface area contributed by atoms with Crippen LogP contribution < -0.4 is 11.3 Å². The van der Waals surface area contributed by atoms with Crippen molar-refractivity contribution in [3.8, 4) is 28.6 Å². The number of hydrogen-bond donors (Lipinski definition) is 1. The maximum atomic E-state index is 13.3. The van der Waals surface area contributed by atoms with Gasteiger partial charge in [0.25, 0.3) is 5.56 Å². The van der Waals surface area contributed by atoms with Crippen molar-refractivity contribution in [2.75, 3.05) is 0 Å². The summed E-state index contributed by atoms with van der Waals surface area (Å²) in [4.78, 5) is 18.3. The molecule has 3 aromatic rings. The third kappa shape index (κ3) is 3.79. The van der Waals surface area contributed by atoms with E-state index in [-0.39, 0.29) is 17.5 Å². The van der Waals surface area contributed by atoms with E-state index in [9.17, 15) is 4.79 Å². The van der Waals surface area contributed by atoms with Gasteiger partial charge in [-0.25, -0.2) is 4.98 Å². The maximum absolute atomic E-state index is 13.3. The van der Waals surface area contributed by atoms with E-state index < -0.39 is 0 Å². The molecule has 0 atom stereocenters. The first-order chi connectivity index (χ1) is 14.5. The predicted molar refractivity (Wildman–Crippen MR) is 119 cm³/mol. The van der Waals surface area contributed by atoms with Gasteiger partial charge in [0.05, 0.1) is 23.0 Å². The van der Waals surface area contributed by atoms with Crippen molar-refractivity contribution in [1.29, 1.82) is 5.26 Å². The number of benzene rings is 2. The van der Waals surface area contributed by atoms with E-state index >= 15 is 0 Å². The second-order valence-electron chi connectivity index (χ2n) is 8.23. The van der Waals surface area contributed by atoms with Crippen molar-refractivity contribution < 1.29 is 0 Å². The van der Waals surface area contributed by atoms with Gasteiger partial charge in [-0.3, -0.25) is 4.79 Å². The van der Waals surface area contributed by atoms with Crippen molar-refractivity contribution in [2.45, 2.75) is 44.6 Å². The second kappa shape index (κ2) is 8.25. The van der Waals surface area contributed by atoms with Gasteiger partial charge in [-0.1, -0.05) is 42.0 Å². The van der Waals surface area contributed by atoms with Gasteiger partial charge in [-0.2, -0.15) is 5.26 Å². The topological polar surface area (TPSA) is 84.7 Å². The Morgan fingerprint density at radius 2 is 1.60 bits per heavy atom. The van der Waals surface area contributed by atoms with Crippen molar-refractivity contribution in [2.24, 2.45) is 12.8 Å². The second-order valence-corrected chi connectivity index (χ2v) is 8.23. The van der Waals surface area contributed by atoms with E-state index in [1.807, 2.05) is 50.4 Å². The molecule has 1 fully saturated rings.